The summed E-state index contributed by atoms with van der Waals surface area (Å²) in [7, 11) is -3.61. The molecule has 0 unspecified atom stereocenters. The van der Waals surface area contributed by atoms with Gasteiger partial charge in [0.05, 0.1) is 4.90 Å². The van der Waals surface area contributed by atoms with Gasteiger partial charge in [0.1, 0.15) is 0 Å². The van der Waals surface area contributed by atoms with Gasteiger partial charge in [0.25, 0.3) is 0 Å². The van der Waals surface area contributed by atoms with Crippen molar-refractivity contribution < 1.29 is 13.2 Å². The Balaban J connectivity index is 1.53. The highest BCUT2D eigenvalue weighted by molar-refractivity contribution is 7.89. The number of sulfonamides is 1. The molecule has 1 heterocycles. The fourth-order valence-electron chi connectivity index (χ4n) is 2.56. The van der Waals surface area contributed by atoms with Crippen LogP contribution in [0.5, 0.6) is 0 Å². The van der Waals surface area contributed by atoms with Gasteiger partial charge < -0.3 is 10.6 Å². The van der Waals surface area contributed by atoms with Gasteiger partial charge in [-0.3, -0.25) is 4.79 Å². The van der Waals surface area contributed by atoms with E-state index < -0.39 is 10.0 Å². The lowest BCUT2D eigenvalue weighted by Gasteiger charge is -2.27. The van der Waals surface area contributed by atoms with Crippen molar-refractivity contribution in [3.63, 3.8) is 0 Å². The Hall–Kier alpha value is -1.96. The third kappa shape index (κ3) is 4.11. The Labute approximate surface area is 141 Å². The van der Waals surface area contributed by atoms with E-state index in [9.17, 15) is 13.2 Å². The summed E-state index contributed by atoms with van der Waals surface area (Å²) in [5.41, 5.74) is 0. The first-order chi connectivity index (χ1) is 11.5. The maximum atomic E-state index is 12.3. The maximum absolute atomic E-state index is 12.3. The Bertz CT molecular complexity index is 832. The van der Waals surface area contributed by atoms with Gasteiger partial charge in [-0.05, 0) is 22.9 Å². The smallest absolute Gasteiger partial charge is 0.240 e. The fraction of sp³-hybridized carbons (Fsp3) is 0.353. The molecule has 128 valence electrons. The van der Waals surface area contributed by atoms with Gasteiger partial charge >= 0.3 is 0 Å². The average Bonchev–Trinajstić information content (AvgIpc) is 2.52. The molecule has 2 aromatic rings. The number of benzene rings is 2. The van der Waals surface area contributed by atoms with E-state index in [1.54, 1.807) is 18.2 Å². The fourth-order valence-corrected chi connectivity index (χ4v) is 3.62. The number of nitrogens with one attached hydrogen (secondary N) is 3. The number of carbonyl (C=O) groups is 1. The molecule has 1 fully saturated rings. The Kier molecular flexibility index (Phi) is 5.13. The highest BCUT2D eigenvalue weighted by Gasteiger charge is 2.18. The molecule has 0 spiro atoms. The topological polar surface area (TPSA) is 87.3 Å². The van der Waals surface area contributed by atoms with Gasteiger partial charge in [-0.15, -0.1) is 0 Å². The summed E-state index contributed by atoms with van der Waals surface area (Å²) in [6, 6.07) is 12.6. The SMILES string of the molecule is O=C(CCNS(=O)(=O)c1ccc2ccccc2c1)NCC1CNC1. The molecule has 0 saturated carbocycles. The minimum atomic E-state index is -3.61. The number of hydrogen-bond acceptors (Lipinski definition) is 4. The van der Waals surface area contributed by atoms with Gasteiger partial charge in [0.2, 0.25) is 15.9 Å². The van der Waals surface area contributed by atoms with E-state index in [-0.39, 0.29) is 23.8 Å². The van der Waals surface area contributed by atoms with Crippen LogP contribution in [0.1, 0.15) is 6.42 Å². The van der Waals surface area contributed by atoms with Crippen LogP contribution < -0.4 is 15.4 Å². The summed E-state index contributed by atoms with van der Waals surface area (Å²) < 4.78 is 27.1. The summed E-state index contributed by atoms with van der Waals surface area (Å²) >= 11 is 0. The summed E-state index contributed by atoms with van der Waals surface area (Å²) in [6.45, 7) is 2.58. The number of rotatable bonds is 7. The molecule has 24 heavy (non-hydrogen) atoms. The quantitative estimate of drug-likeness (QED) is 0.693. The van der Waals surface area contributed by atoms with Crippen molar-refractivity contribution in [1.29, 1.82) is 0 Å². The summed E-state index contributed by atoms with van der Waals surface area (Å²) in [4.78, 5) is 11.9. The monoisotopic (exact) mass is 347 g/mol. The highest BCUT2D eigenvalue weighted by atomic mass is 32.2. The van der Waals surface area contributed by atoms with Crippen LogP contribution in [0.15, 0.2) is 47.4 Å². The van der Waals surface area contributed by atoms with Crippen molar-refractivity contribution in [2.75, 3.05) is 26.2 Å². The van der Waals surface area contributed by atoms with Crippen molar-refractivity contribution in [2.45, 2.75) is 11.3 Å². The van der Waals surface area contributed by atoms with Crippen LogP contribution in [0.2, 0.25) is 0 Å². The van der Waals surface area contributed by atoms with Crippen LogP contribution in [0.3, 0.4) is 0 Å². The van der Waals surface area contributed by atoms with E-state index >= 15 is 0 Å². The van der Waals surface area contributed by atoms with Gasteiger partial charge in [0, 0.05) is 38.5 Å². The van der Waals surface area contributed by atoms with Crippen LogP contribution in [-0.2, 0) is 14.8 Å². The second kappa shape index (κ2) is 7.29. The lowest BCUT2D eigenvalue weighted by Crippen LogP contribution is -2.48. The largest absolute Gasteiger partial charge is 0.356 e. The van der Waals surface area contributed by atoms with Crippen molar-refractivity contribution >= 4 is 26.7 Å². The number of hydrogen-bond donors (Lipinski definition) is 3. The molecule has 0 radical (unpaired) electrons. The predicted molar refractivity (Wildman–Crippen MR) is 93.1 cm³/mol. The van der Waals surface area contributed by atoms with E-state index in [4.69, 9.17) is 0 Å². The van der Waals surface area contributed by atoms with E-state index in [1.807, 2.05) is 24.3 Å². The molecule has 3 rings (SSSR count). The van der Waals surface area contributed by atoms with E-state index in [2.05, 4.69) is 15.4 Å². The van der Waals surface area contributed by atoms with Gasteiger partial charge in [0.15, 0.2) is 0 Å². The molecule has 0 aliphatic carbocycles. The van der Waals surface area contributed by atoms with Crippen LogP contribution in [-0.4, -0.2) is 40.5 Å². The van der Waals surface area contributed by atoms with Crippen molar-refractivity contribution in [3.8, 4) is 0 Å². The summed E-state index contributed by atoms with van der Waals surface area (Å²) in [5.74, 6) is 0.353. The minimum absolute atomic E-state index is 0.0872. The van der Waals surface area contributed by atoms with E-state index in [0.29, 0.717) is 12.5 Å². The molecular weight excluding hydrogens is 326 g/mol. The van der Waals surface area contributed by atoms with Crippen molar-refractivity contribution in [2.24, 2.45) is 5.92 Å². The molecule has 3 N–H and O–H groups in total. The molecule has 1 amide bonds. The van der Waals surface area contributed by atoms with Crippen molar-refractivity contribution in [1.82, 2.24) is 15.4 Å². The predicted octanol–water partition coefficient (Wildman–Crippen LogP) is 0.844. The normalized spacial score (nSPS) is 15.2. The van der Waals surface area contributed by atoms with Crippen LogP contribution >= 0.6 is 0 Å². The lowest BCUT2D eigenvalue weighted by molar-refractivity contribution is -0.121. The lowest BCUT2D eigenvalue weighted by atomic mass is 10.0. The molecule has 0 atom stereocenters. The highest BCUT2D eigenvalue weighted by Crippen LogP contribution is 2.18. The molecule has 0 aromatic heterocycles. The first-order valence-corrected chi connectivity index (χ1v) is 9.49. The Morgan fingerprint density at radius 3 is 2.58 bits per heavy atom. The molecule has 1 aliphatic heterocycles. The summed E-state index contributed by atoms with van der Waals surface area (Å²) in [5, 5.41) is 7.81. The summed E-state index contributed by atoms with van der Waals surface area (Å²) in [6.07, 6.45) is 0.132. The Morgan fingerprint density at radius 2 is 1.88 bits per heavy atom. The second-order valence-electron chi connectivity index (χ2n) is 5.99. The van der Waals surface area contributed by atoms with Gasteiger partial charge in [-0.25, -0.2) is 13.1 Å². The van der Waals surface area contributed by atoms with Crippen LogP contribution in [0, 0.1) is 5.92 Å². The number of fused-ring (bicyclic) bond motifs is 1. The standard InChI is InChI=1S/C17H21N3O3S/c21-17(19-12-13-10-18-11-13)7-8-20-24(22,23)16-6-5-14-3-1-2-4-15(14)9-16/h1-6,9,13,18,20H,7-8,10-12H2,(H,19,21). The molecule has 1 aliphatic rings. The molecule has 0 bridgehead atoms. The van der Waals surface area contributed by atoms with E-state index in [1.165, 1.54) is 0 Å². The number of carbonyl (C=O) groups excluding carboxylic acids is 1. The average molecular weight is 347 g/mol. The van der Waals surface area contributed by atoms with E-state index in [0.717, 1.165) is 23.9 Å². The zero-order chi connectivity index (χ0) is 17.0. The molecule has 7 heteroatoms. The van der Waals surface area contributed by atoms with Crippen molar-refractivity contribution in [3.05, 3.63) is 42.5 Å². The van der Waals surface area contributed by atoms with Crippen LogP contribution in [0.25, 0.3) is 10.8 Å². The molecule has 1 saturated heterocycles. The van der Waals surface area contributed by atoms with Gasteiger partial charge in [-0.1, -0.05) is 30.3 Å². The minimum Gasteiger partial charge on any atom is -0.356 e. The Morgan fingerprint density at radius 1 is 1.12 bits per heavy atom. The zero-order valence-corrected chi connectivity index (χ0v) is 14.1. The second-order valence-corrected chi connectivity index (χ2v) is 7.75. The third-order valence-corrected chi connectivity index (χ3v) is 5.59. The molecular formula is C17H21N3O3S. The zero-order valence-electron chi connectivity index (χ0n) is 13.3. The molecule has 2 aromatic carbocycles. The maximum Gasteiger partial charge on any atom is 0.240 e. The molecule has 6 nitrogen and oxygen atoms in total. The third-order valence-electron chi connectivity index (χ3n) is 4.13. The van der Waals surface area contributed by atoms with Gasteiger partial charge in [-0.2, -0.15) is 0 Å². The first kappa shape index (κ1) is 16.9. The number of amides is 1. The first-order valence-electron chi connectivity index (χ1n) is 8.00. The van der Waals surface area contributed by atoms with Crippen LogP contribution in [0.4, 0.5) is 0 Å².